The lowest BCUT2D eigenvalue weighted by molar-refractivity contribution is 0.478. The SMILES string of the molecule is CCC(CC)CNS(=O)(=O)Cc1ccccc1. The number of benzene rings is 1. The number of sulfonamides is 1. The minimum Gasteiger partial charge on any atom is -0.215 e. The molecule has 0 aromatic heterocycles. The Balaban J connectivity index is 2.52. The first-order chi connectivity index (χ1) is 8.07. The van der Waals surface area contributed by atoms with Crippen molar-refractivity contribution >= 4 is 10.0 Å². The van der Waals surface area contributed by atoms with Crippen LogP contribution in [0.25, 0.3) is 0 Å². The van der Waals surface area contributed by atoms with E-state index in [0.717, 1.165) is 18.4 Å². The van der Waals surface area contributed by atoms with Crippen LogP contribution < -0.4 is 4.72 Å². The molecule has 0 aliphatic heterocycles. The van der Waals surface area contributed by atoms with Crippen molar-refractivity contribution in [3.8, 4) is 0 Å². The predicted molar refractivity (Wildman–Crippen MR) is 71.1 cm³/mol. The van der Waals surface area contributed by atoms with Crippen molar-refractivity contribution in [2.45, 2.75) is 32.4 Å². The van der Waals surface area contributed by atoms with Gasteiger partial charge in [0, 0.05) is 6.54 Å². The molecule has 0 spiro atoms. The Bertz CT molecular complexity index is 410. The molecule has 0 aliphatic carbocycles. The van der Waals surface area contributed by atoms with E-state index < -0.39 is 10.0 Å². The van der Waals surface area contributed by atoms with Crippen LogP contribution in [-0.4, -0.2) is 15.0 Å². The number of nitrogens with one attached hydrogen (secondary N) is 1. The first-order valence-corrected chi connectivity index (χ1v) is 7.74. The van der Waals surface area contributed by atoms with E-state index in [-0.39, 0.29) is 5.75 Å². The van der Waals surface area contributed by atoms with Crippen LogP contribution >= 0.6 is 0 Å². The topological polar surface area (TPSA) is 46.2 Å². The van der Waals surface area contributed by atoms with Gasteiger partial charge in [0.05, 0.1) is 5.75 Å². The molecule has 4 heteroatoms. The minimum atomic E-state index is -3.20. The molecule has 1 rings (SSSR count). The second-order valence-electron chi connectivity index (χ2n) is 4.28. The van der Waals surface area contributed by atoms with Gasteiger partial charge in [-0.2, -0.15) is 0 Å². The van der Waals surface area contributed by atoms with Crippen LogP contribution in [0.1, 0.15) is 32.3 Å². The molecule has 1 aromatic rings. The van der Waals surface area contributed by atoms with Crippen molar-refractivity contribution in [3.63, 3.8) is 0 Å². The number of rotatable bonds is 7. The first kappa shape index (κ1) is 14.2. The van der Waals surface area contributed by atoms with E-state index in [1.165, 1.54) is 0 Å². The summed E-state index contributed by atoms with van der Waals surface area (Å²) in [5, 5.41) is 0. The van der Waals surface area contributed by atoms with Gasteiger partial charge in [-0.25, -0.2) is 13.1 Å². The highest BCUT2D eigenvalue weighted by molar-refractivity contribution is 7.88. The molecule has 0 aliphatic rings. The van der Waals surface area contributed by atoms with Crippen molar-refractivity contribution in [2.75, 3.05) is 6.54 Å². The average Bonchev–Trinajstić information content (AvgIpc) is 2.31. The monoisotopic (exact) mass is 255 g/mol. The van der Waals surface area contributed by atoms with E-state index in [2.05, 4.69) is 18.6 Å². The van der Waals surface area contributed by atoms with Crippen molar-refractivity contribution in [3.05, 3.63) is 35.9 Å². The Labute approximate surface area is 104 Å². The summed E-state index contributed by atoms with van der Waals surface area (Å²) < 4.78 is 26.3. The van der Waals surface area contributed by atoms with Crippen molar-refractivity contribution in [2.24, 2.45) is 5.92 Å². The summed E-state index contributed by atoms with van der Waals surface area (Å²) in [6.07, 6.45) is 2.01. The second kappa shape index (κ2) is 6.77. The lowest BCUT2D eigenvalue weighted by Gasteiger charge is -2.13. The van der Waals surface area contributed by atoms with Gasteiger partial charge in [0.25, 0.3) is 0 Å². The van der Waals surface area contributed by atoms with Crippen LogP contribution in [-0.2, 0) is 15.8 Å². The second-order valence-corrected chi connectivity index (χ2v) is 6.08. The lowest BCUT2D eigenvalue weighted by Crippen LogP contribution is -2.30. The van der Waals surface area contributed by atoms with Crippen LogP contribution in [0.5, 0.6) is 0 Å². The van der Waals surface area contributed by atoms with Gasteiger partial charge in [0.1, 0.15) is 0 Å². The molecule has 1 aromatic carbocycles. The normalized spacial score (nSPS) is 11.9. The molecular formula is C13H21NO2S. The van der Waals surface area contributed by atoms with E-state index in [0.29, 0.717) is 12.5 Å². The molecule has 0 heterocycles. The Kier molecular flexibility index (Phi) is 5.65. The third-order valence-corrected chi connectivity index (χ3v) is 4.27. The van der Waals surface area contributed by atoms with Gasteiger partial charge in [-0.05, 0) is 11.5 Å². The average molecular weight is 255 g/mol. The van der Waals surface area contributed by atoms with Gasteiger partial charge in [-0.15, -0.1) is 0 Å². The maximum atomic E-state index is 11.8. The third kappa shape index (κ3) is 5.33. The Morgan fingerprint density at radius 3 is 2.24 bits per heavy atom. The smallest absolute Gasteiger partial charge is 0.215 e. The highest BCUT2D eigenvalue weighted by Gasteiger charge is 2.13. The first-order valence-electron chi connectivity index (χ1n) is 6.08. The zero-order valence-electron chi connectivity index (χ0n) is 10.5. The maximum absolute atomic E-state index is 11.8. The van der Waals surface area contributed by atoms with E-state index in [9.17, 15) is 8.42 Å². The van der Waals surface area contributed by atoms with E-state index in [1.54, 1.807) is 0 Å². The molecule has 1 N–H and O–H groups in total. The van der Waals surface area contributed by atoms with Crippen LogP contribution in [0.3, 0.4) is 0 Å². The molecule has 0 amide bonds. The number of hydrogen-bond donors (Lipinski definition) is 1. The Hall–Kier alpha value is -0.870. The Morgan fingerprint density at radius 2 is 1.71 bits per heavy atom. The highest BCUT2D eigenvalue weighted by atomic mass is 32.2. The van der Waals surface area contributed by atoms with Crippen molar-refractivity contribution in [1.29, 1.82) is 0 Å². The van der Waals surface area contributed by atoms with Crippen LogP contribution in [0.2, 0.25) is 0 Å². The maximum Gasteiger partial charge on any atom is 0.215 e. The van der Waals surface area contributed by atoms with Gasteiger partial charge >= 0.3 is 0 Å². The van der Waals surface area contributed by atoms with E-state index in [1.807, 2.05) is 30.3 Å². The van der Waals surface area contributed by atoms with Gasteiger partial charge < -0.3 is 0 Å². The molecule has 0 saturated carbocycles. The third-order valence-electron chi connectivity index (χ3n) is 2.95. The van der Waals surface area contributed by atoms with Crippen molar-refractivity contribution < 1.29 is 8.42 Å². The van der Waals surface area contributed by atoms with Gasteiger partial charge in [0.2, 0.25) is 10.0 Å². The molecule has 0 bridgehead atoms. The zero-order valence-corrected chi connectivity index (χ0v) is 11.3. The van der Waals surface area contributed by atoms with Crippen LogP contribution in [0.15, 0.2) is 30.3 Å². The van der Waals surface area contributed by atoms with Gasteiger partial charge in [-0.1, -0.05) is 57.0 Å². The van der Waals surface area contributed by atoms with Crippen LogP contribution in [0, 0.1) is 5.92 Å². The van der Waals surface area contributed by atoms with Crippen LogP contribution in [0.4, 0.5) is 0 Å². The standard InChI is InChI=1S/C13H21NO2S/c1-3-12(4-2)10-14-17(15,16)11-13-8-6-5-7-9-13/h5-9,12,14H,3-4,10-11H2,1-2H3. The predicted octanol–water partition coefficient (Wildman–Crippen LogP) is 2.54. The molecular weight excluding hydrogens is 234 g/mol. The minimum absolute atomic E-state index is 0.0635. The summed E-state index contributed by atoms with van der Waals surface area (Å²) in [4.78, 5) is 0. The molecule has 0 fully saturated rings. The quantitative estimate of drug-likeness (QED) is 0.814. The van der Waals surface area contributed by atoms with Crippen molar-refractivity contribution in [1.82, 2.24) is 4.72 Å². The molecule has 0 atom stereocenters. The molecule has 0 unspecified atom stereocenters. The summed E-state index contributed by atoms with van der Waals surface area (Å²) in [6, 6.07) is 9.25. The fourth-order valence-electron chi connectivity index (χ4n) is 1.67. The Morgan fingerprint density at radius 1 is 1.12 bits per heavy atom. The summed E-state index contributed by atoms with van der Waals surface area (Å²) in [6.45, 7) is 4.71. The van der Waals surface area contributed by atoms with Gasteiger partial charge in [0.15, 0.2) is 0 Å². The van der Waals surface area contributed by atoms with E-state index >= 15 is 0 Å². The largest absolute Gasteiger partial charge is 0.215 e. The molecule has 17 heavy (non-hydrogen) atoms. The van der Waals surface area contributed by atoms with Gasteiger partial charge in [-0.3, -0.25) is 0 Å². The molecule has 0 radical (unpaired) electrons. The molecule has 3 nitrogen and oxygen atoms in total. The summed E-state index contributed by atoms with van der Waals surface area (Å²) in [5.41, 5.74) is 0.824. The zero-order chi connectivity index (χ0) is 12.7. The molecule has 96 valence electrons. The highest BCUT2D eigenvalue weighted by Crippen LogP contribution is 2.08. The van der Waals surface area contributed by atoms with E-state index in [4.69, 9.17) is 0 Å². The lowest BCUT2D eigenvalue weighted by atomic mass is 10.0. The number of hydrogen-bond acceptors (Lipinski definition) is 2. The molecule has 0 saturated heterocycles. The summed E-state index contributed by atoms with van der Waals surface area (Å²) in [5.74, 6) is 0.495. The fraction of sp³-hybridized carbons (Fsp3) is 0.538. The fourth-order valence-corrected chi connectivity index (χ4v) is 2.89. The summed E-state index contributed by atoms with van der Waals surface area (Å²) in [7, 11) is -3.20. The summed E-state index contributed by atoms with van der Waals surface area (Å²) >= 11 is 0.